The Morgan fingerprint density at radius 3 is 2.55 bits per heavy atom. The number of likely N-dealkylation sites (tertiary alicyclic amines) is 1. The number of hydrogen-bond acceptors (Lipinski definition) is 4. The number of piperidine rings is 1. The number of carbonyl (C=O) groups excluding carboxylic acids is 2. The zero-order valence-electron chi connectivity index (χ0n) is 12.4. The smallest absolute Gasteiger partial charge is 0.248 e. The molecular formula is C14H27N3O3. The van der Waals surface area contributed by atoms with Crippen LogP contribution in [0.5, 0.6) is 0 Å². The highest BCUT2D eigenvalue weighted by atomic mass is 16.5. The first-order valence-corrected chi connectivity index (χ1v) is 7.43. The van der Waals surface area contributed by atoms with E-state index in [0.29, 0.717) is 26.1 Å². The first-order valence-electron chi connectivity index (χ1n) is 7.43. The molecule has 0 aliphatic carbocycles. The molecule has 116 valence electrons. The molecule has 1 fully saturated rings. The molecule has 2 amide bonds. The third kappa shape index (κ3) is 6.34. The molecule has 0 spiro atoms. The van der Waals surface area contributed by atoms with Gasteiger partial charge in [-0.25, -0.2) is 0 Å². The molecule has 0 aromatic heterocycles. The summed E-state index contributed by atoms with van der Waals surface area (Å²) < 4.78 is 4.84. The molecule has 0 aromatic rings. The van der Waals surface area contributed by atoms with Crippen molar-refractivity contribution in [1.82, 2.24) is 10.2 Å². The first-order chi connectivity index (χ1) is 9.67. The highest BCUT2D eigenvalue weighted by Crippen LogP contribution is 2.11. The maximum Gasteiger partial charge on any atom is 0.248 e. The number of methoxy groups -OCH3 is 1. The molecule has 1 aliphatic heterocycles. The number of rotatable bonds is 8. The van der Waals surface area contributed by atoms with E-state index in [1.165, 1.54) is 7.11 Å². The average molecular weight is 285 g/mol. The molecule has 1 rings (SSSR count). The van der Waals surface area contributed by atoms with Gasteiger partial charge in [-0.15, -0.1) is 0 Å². The van der Waals surface area contributed by atoms with Crippen molar-refractivity contribution in [3.8, 4) is 0 Å². The largest absolute Gasteiger partial charge is 0.375 e. The maximum absolute atomic E-state index is 11.7. The fraction of sp³-hybridized carbons (Fsp3) is 0.857. The Balaban J connectivity index is 2.15. The molecule has 6 heteroatoms. The molecule has 6 nitrogen and oxygen atoms in total. The van der Waals surface area contributed by atoms with Crippen LogP contribution < -0.4 is 11.1 Å². The summed E-state index contributed by atoms with van der Waals surface area (Å²) in [6.45, 7) is 2.22. The summed E-state index contributed by atoms with van der Waals surface area (Å²) in [6.07, 6.45) is 5.10. The van der Waals surface area contributed by atoms with E-state index >= 15 is 0 Å². The van der Waals surface area contributed by atoms with Crippen LogP contribution in [-0.2, 0) is 14.3 Å². The van der Waals surface area contributed by atoms with E-state index in [1.807, 2.05) is 0 Å². The minimum Gasteiger partial charge on any atom is -0.375 e. The third-order valence-corrected chi connectivity index (χ3v) is 3.59. The number of nitrogens with two attached hydrogens (primary N) is 1. The van der Waals surface area contributed by atoms with Crippen molar-refractivity contribution in [1.29, 1.82) is 0 Å². The number of carbonyl (C=O) groups is 2. The zero-order chi connectivity index (χ0) is 14.8. The number of hydrogen-bond donors (Lipinski definition) is 2. The van der Waals surface area contributed by atoms with Crippen molar-refractivity contribution in [3.63, 3.8) is 0 Å². The molecule has 0 saturated carbocycles. The number of nitrogens with zero attached hydrogens (tertiary/aromatic N) is 1. The fourth-order valence-corrected chi connectivity index (χ4v) is 2.39. The van der Waals surface area contributed by atoms with E-state index in [1.54, 1.807) is 4.90 Å². The maximum atomic E-state index is 11.7. The Morgan fingerprint density at radius 2 is 1.95 bits per heavy atom. The predicted octanol–water partition coefficient (Wildman–Crippen LogP) is 0.259. The van der Waals surface area contributed by atoms with Gasteiger partial charge in [-0.1, -0.05) is 6.42 Å². The van der Waals surface area contributed by atoms with Crippen LogP contribution in [0.15, 0.2) is 0 Å². The Morgan fingerprint density at radius 1 is 1.25 bits per heavy atom. The summed E-state index contributed by atoms with van der Waals surface area (Å²) in [5, 5.41) is 3.05. The van der Waals surface area contributed by atoms with Crippen LogP contribution >= 0.6 is 0 Å². The summed E-state index contributed by atoms with van der Waals surface area (Å²) in [6, 6.07) is 0.198. The van der Waals surface area contributed by atoms with Gasteiger partial charge in [0, 0.05) is 32.7 Å². The average Bonchev–Trinajstić information content (AvgIpc) is 2.45. The van der Waals surface area contributed by atoms with Crippen LogP contribution in [-0.4, -0.2) is 56.1 Å². The number of nitrogens with one attached hydrogen (secondary N) is 1. The van der Waals surface area contributed by atoms with Crippen LogP contribution in [0.1, 0.15) is 38.5 Å². The minimum absolute atomic E-state index is 0.0269. The standard InChI is InChI=1S/C14H27N3O3/c1-20-11-14(19)17-9-6-12(7-10-17)16-13(18)5-3-2-4-8-15/h12H,2-11,15H2,1H3,(H,16,18). The zero-order valence-corrected chi connectivity index (χ0v) is 12.4. The Kier molecular flexibility index (Phi) is 8.22. The lowest BCUT2D eigenvalue weighted by Crippen LogP contribution is -2.47. The van der Waals surface area contributed by atoms with Crippen LogP contribution in [0.4, 0.5) is 0 Å². The normalized spacial score (nSPS) is 16.2. The van der Waals surface area contributed by atoms with Gasteiger partial charge in [0.25, 0.3) is 0 Å². The van der Waals surface area contributed by atoms with E-state index in [9.17, 15) is 9.59 Å². The predicted molar refractivity (Wildman–Crippen MR) is 77.1 cm³/mol. The molecule has 0 radical (unpaired) electrons. The van der Waals surface area contributed by atoms with Crippen molar-refractivity contribution in [2.45, 2.75) is 44.6 Å². The molecule has 0 aromatic carbocycles. The van der Waals surface area contributed by atoms with Crippen LogP contribution in [0.25, 0.3) is 0 Å². The highest BCUT2D eigenvalue weighted by molar-refractivity contribution is 5.78. The Bertz CT molecular complexity index is 302. The molecule has 1 saturated heterocycles. The van der Waals surface area contributed by atoms with Gasteiger partial charge >= 0.3 is 0 Å². The Labute approximate surface area is 121 Å². The van der Waals surface area contributed by atoms with E-state index in [4.69, 9.17) is 10.5 Å². The minimum atomic E-state index is 0.0269. The van der Waals surface area contributed by atoms with Crippen LogP contribution in [0.3, 0.4) is 0 Å². The molecule has 0 atom stereocenters. The summed E-state index contributed by atoms with van der Waals surface area (Å²) in [4.78, 5) is 25.2. The third-order valence-electron chi connectivity index (χ3n) is 3.59. The molecular weight excluding hydrogens is 258 g/mol. The SMILES string of the molecule is COCC(=O)N1CCC(NC(=O)CCCCCN)CC1. The van der Waals surface area contributed by atoms with Crippen molar-refractivity contribution in [2.24, 2.45) is 5.73 Å². The quantitative estimate of drug-likeness (QED) is 0.627. The lowest BCUT2D eigenvalue weighted by molar-refractivity contribution is -0.136. The lowest BCUT2D eigenvalue weighted by atomic mass is 10.0. The van der Waals surface area contributed by atoms with Crippen LogP contribution in [0.2, 0.25) is 0 Å². The lowest BCUT2D eigenvalue weighted by Gasteiger charge is -2.32. The van der Waals surface area contributed by atoms with Gasteiger partial charge in [-0.05, 0) is 32.2 Å². The van der Waals surface area contributed by atoms with Gasteiger partial charge in [-0.3, -0.25) is 9.59 Å². The van der Waals surface area contributed by atoms with E-state index in [0.717, 1.165) is 32.1 Å². The summed E-state index contributed by atoms with van der Waals surface area (Å²) >= 11 is 0. The van der Waals surface area contributed by atoms with Crippen molar-refractivity contribution in [2.75, 3.05) is 33.4 Å². The van der Waals surface area contributed by atoms with E-state index < -0.39 is 0 Å². The van der Waals surface area contributed by atoms with Gasteiger partial charge in [0.15, 0.2) is 0 Å². The Hall–Kier alpha value is -1.14. The second-order valence-corrected chi connectivity index (χ2v) is 5.25. The molecule has 1 heterocycles. The van der Waals surface area contributed by atoms with Crippen molar-refractivity contribution in [3.05, 3.63) is 0 Å². The monoisotopic (exact) mass is 285 g/mol. The van der Waals surface area contributed by atoms with Crippen molar-refractivity contribution < 1.29 is 14.3 Å². The van der Waals surface area contributed by atoms with E-state index in [-0.39, 0.29) is 24.5 Å². The van der Waals surface area contributed by atoms with Gasteiger partial charge in [0.2, 0.25) is 11.8 Å². The fourth-order valence-electron chi connectivity index (χ4n) is 2.39. The molecule has 0 unspecified atom stereocenters. The van der Waals surface area contributed by atoms with Gasteiger partial charge in [0.05, 0.1) is 0 Å². The molecule has 3 N–H and O–H groups in total. The summed E-state index contributed by atoms with van der Waals surface area (Å²) in [5.41, 5.74) is 5.41. The molecule has 1 aliphatic rings. The highest BCUT2D eigenvalue weighted by Gasteiger charge is 2.23. The van der Waals surface area contributed by atoms with Gasteiger partial charge in [-0.2, -0.15) is 0 Å². The molecule has 0 bridgehead atoms. The van der Waals surface area contributed by atoms with Gasteiger partial charge in [0.1, 0.15) is 6.61 Å². The number of amides is 2. The second-order valence-electron chi connectivity index (χ2n) is 5.25. The second kappa shape index (κ2) is 9.72. The number of ether oxygens (including phenoxy) is 1. The van der Waals surface area contributed by atoms with Gasteiger partial charge < -0.3 is 20.7 Å². The topological polar surface area (TPSA) is 84.7 Å². The summed E-state index contributed by atoms with van der Waals surface area (Å²) in [7, 11) is 1.52. The first kappa shape index (κ1) is 16.9. The van der Waals surface area contributed by atoms with E-state index in [2.05, 4.69) is 5.32 Å². The van der Waals surface area contributed by atoms with Crippen LogP contribution in [0, 0.1) is 0 Å². The summed E-state index contributed by atoms with van der Waals surface area (Å²) in [5.74, 6) is 0.141. The molecule has 20 heavy (non-hydrogen) atoms. The van der Waals surface area contributed by atoms with Crippen molar-refractivity contribution >= 4 is 11.8 Å². The number of unbranched alkanes of at least 4 members (excludes halogenated alkanes) is 2.